The van der Waals surface area contributed by atoms with Crippen LogP contribution < -0.4 is 24.4 Å². The summed E-state index contributed by atoms with van der Waals surface area (Å²) in [6.45, 7) is 2.24. The molecule has 0 saturated carbocycles. The standard InChI is InChI=1S/C21H24N2O5/c1-13-5-8-18(27-3)17(9-13)23-12-14(10-20(23)24)21(25)22-16-7-6-15(26-2)11-19(16)28-4/h5-9,11,14H,10,12H2,1-4H3,(H,22,25)/t14-/m0/s1. The van der Waals surface area contributed by atoms with Gasteiger partial charge in [0.05, 0.1) is 38.6 Å². The molecule has 1 heterocycles. The average Bonchev–Trinajstić information content (AvgIpc) is 3.09. The van der Waals surface area contributed by atoms with E-state index < -0.39 is 5.92 Å². The quantitative estimate of drug-likeness (QED) is 0.828. The number of ether oxygens (including phenoxy) is 3. The maximum atomic E-state index is 12.8. The Hall–Kier alpha value is -3.22. The summed E-state index contributed by atoms with van der Waals surface area (Å²) in [6, 6.07) is 10.8. The number of methoxy groups -OCH3 is 3. The summed E-state index contributed by atoms with van der Waals surface area (Å²) in [5, 5.41) is 2.86. The lowest BCUT2D eigenvalue weighted by atomic mass is 10.1. The smallest absolute Gasteiger partial charge is 0.229 e. The molecule has 2 aromatic carbocycles. The molecule has 1 fully saturated rings. The number of nitrogens with zero attached hydrogens (tertiary/aromatic N) is 1. The van der Waals surface area contributed by atoms with Crippen molar-refractivity contribution >= 4 is 23.2 Å². The maximum Gasteiger partial charge on any atom is 0.229 e. The SMILES string of the molecule is COc1ccc(NC(=O)[C@H]2CC(=O)N(c3cc(C)ccc3OC)C2)c(OC)c1. The van der Waals surface area contributed by atoms with Crippen molar-refractivity contribution < 1.29 is 23.8 Å². The molecule has 1 atom stereocenters. The van der Waals surface area contributed by atoms with Crippen molar-refractivity contribution in [2.75, 3.05) is 38.1 Å². The molecule has 0 unspecified atom stereocenters. The van der Waals surface area contributed by atoms with Crippen molar-refractivity contribution in [1.29, 1.82) is 0 Å². The van der Waals surface area contributed by atoms with Crippen LogP contribution in [-0.4, -0.2) is 39.7 Å². The molecule has 2 aromatic rings. The minimum Gasteiger partial charge on any atom is -0.497 e. The Kier molecular flexibility index (Phi) is 5.73. The summed E-state index contributed by atoms with van der Waals surface area (Å²) in [5.74, 6) is 0.927. The highest BCUT2D eigenvalue weighted by atomic mass is 16.5. The first kappa shape index (κ1) is 19.5. The Balaban J connectivity index is 1.77. The molecule has 7 heteroatoms. The lowest BCUT2D eigenvalue weighted by Gasteiger charge is -2.20. The number of carbonyl (C=O) groups excluding carboxylic acids is 2. The third kappa shape index (κ3) is 3.88. The van der Waals surface area contributed by atoms with E-state index in [-0.39, 0.29) is 18.2 Å². The first-order chi connectivity index (χ1) is 13.5. The fourth-order valence-electron chi connectivity index (χ4n) is 3.26. The summed E-state index contributed by atoms with van der Waals surface area (Å²) in [6.07, 6.45) is 0.140. The van der Waals surface area contributed by atoms with E-state index in [1.807, 2.05) is 25.1 Å². The molecule has 0 aromatic heterocycles. The van der Waals surface area contributed by atoms with E-state index in [0.717, 1.165) is 5.56 Å². The number of carbonyl (C=O) groups is 2. The Morgan fingerprint density at radius 3 is 2.46 bits per heavy atom. The Morgan fingerprint density at radius 2 is 1.79 bits per heavy atom. The van der Waals surface area contributed by atoms with Gasteiger partial charge in [0.25, 0.3) is 0 Å². The normalized spacial score (nSPS) is 16.1. The van der Waals surface area contributed by atoms with E-state index in [1.165, 1.54) is 7.11 Å². The lowest BCUT2D eigenvalue weighted by molar-refractivity contribution is -0.122. The van der Waals surface area contributed by atoms with E-state index in [0.29, 0.717) is 35.2 Å². The van der Waals surface area contributed by atoms with Gasteiger partial charge in [0, 0.05) is 19.0 Å². The number of hydrogen-bond donors (Lipinski definition) is 1. The summed E-state index contributed by atoms with van der Waals surface area (Å²) in [4.78, 5) is 27.0. The largest absolute Gasteiger partial charge is 0.497 e. The molecule has 28 heavy (non-hydrogen) atoms. The van der Waals surface area contributed by atoms with E-state index in [4.69, 9.17) is 14.2 Å². The van der Waals surface area contributed by atoms with Crippen LogP contribution in [0.25, 0.3) is 0 Å². The fraction of sp³-hybridized carbons (Fsp3) is 0.333. The number of aryl methyl sites for hydroxylation is 1. The summed E-state index contributed by atoms with van der Waals surface area (Å²) in [5.41, 5.74) is 2.23. The first-order valence-electron chi connectivity index (χ1n) is 8.94. The summed E-state index contributed by atoms with van der Waals surface area (Å²) in [7, 11) is 4.65. The van der Waals surface area contributed by atoms with Crippen LogP contribution in [0.4, 0.5) is 11.4 Å². The van der Waals surface area contributed by atoms with Crippen LogP contribution in [0.15, 0.2) is 36.4 Å². The predicted octanol–water partition coefficient (Wildman–Crippen LogP) is 3.01. The lowest BCUT2D eigenvalue weighted by Crippen LogP contribution is -2.28. The van der Waals surface area contributed by atoms with Crippen LogP contribution in [0.5, 0.6) is 17.2 Å². The van der Waals surface area contributed by atoms with Gasteiger partial charge >= 0.3 is 0 Å². The molecule has 1 aliphatic rings. The fourth-order valence-corrected chi connectivity index (χ4v) is 3.26. The third-order valence-corrected chi connectivity index (χ3v) is 4.79. The second-order valence-electron chi connectivity index (χ2n) is 6.64. The van der Waals surface area contributed by atoms with Crippen molar-refractivity contribution in [2.24, 2.45) is 5.92 Å². The number of anilines is 2. The zero-order valence-electron chi connectivity index (χ0n) is 16.4. The van der Waals surface area contributed by atoms with Crippen LogP contribution >= 0.6 is 0 Å². The molecular weight excluding hydrogens is 360 g/mol. The van der Waals surface area contributed by atoms with Gasteiger partial charge in [-0.15, -0.1) is 0 Å². The summed E-state index contributed by atoms with van der Waals surface area (Å²) < 4.78 is 15.9. The van der Waals surface area contributed by atoms with Gasteiger partial charge in [-0.25, -0.2) is 0 Å². The molecule has 7 nitrogen and oxygen atoms in total. The second-order valence-corrected chi connectivity index (χ2v) is 6.64. The molecule has 1 saturated heterocycles. The van der Waals surface area contributed by atoms with Crippen molar-refractivity contribution in [3.8, 4) is 17.2 Å². The first-order valence-corrected chi connectivity index (χ1v) is 8.94. The highest BCUT2D eigenvalue weighted by molar-refractivity contribution is 6.04. The van der Waals surface area contributed by atoms with E-state index in [9.17, 15) is 9.59 Å². The van der Waals surface area contributed by atoms with Gasteiger partial charge in [0.15, 0.2) is 0 Å². The molecule has 0 bridgehead atoms. The van der Waals surface area contributed by atoms with Crippen molar-refractivity contribution in [3.05, 3.63) is 42.0 Å². The second kappa shape index (κ2) is 8.21. The van der Waals surface area contributed by atoms with E-state index in [1.54, 1.807) is 37.3 Å². The molecule has 1 N–H and O–H groups in total. The van der Waals surface area contributed by atoms with Crippen molar-refractivity contribution in [1.82, 2.24) is 0 Å². The Labute approximate surface area is 164 Å². The number of nitrogens with one attached hydrogen (secondary N) is 1. The van der Waals surface area contributed by atoms with Gasteiger partial charge in [-0.1, -0.05) is 6.07 Å². The number of amides is 2. The average molecular weight is 384 g/mol. The number of benzene rings is 2. The molecule has 0 spiro atoms. The molecule has 0 radical (unpaired) electrons. The van der Waals surface area contributed by atoms with Gasteiger partial charge in [-0.2, -0.15) is 0 Å². The van der Waals surface area contributed by atoms with Crippen molar-refractivity contribution in [3.63, 3.8) is 0 Å². The maximum absolute atomic E-state index is 12.8. The number of hydrogen-bond acceptors (Lipinski definition) is 5. The summed E-state index contributed by atoms with van der Waals surface area (Å²) >= 11 is 0. The van der Waals surface area contributed by atoms with Crippen LogP contribution in [0, 0.1) is 12.8 Å². The van der Waals surface area contributed by atoms with Crippen LogP contribution in [-0.2, 0) is 9.59 Å². The van der Waals surface area contributed by atoms with E-state index in [2.05, 4.69) is 5.32 Å². The Morgan fingerprint density at radius 1 is 1.04 bits per heavy atom. The minimum atomic E-state index is -0.468. The zero-order valence-corrected chi connectivity index (χ0v) is 16.4. The highest BCUT2D eigenvalue weighted by Crippen LogP contribution is 2.35. The van der Waals surface area contributed by atoms with E-state index >= 15 is 0 Å². The predicted molar refractivity (Wildman–Crippen MR) is 106 cm³/mol. The van der Waals surface area contributed by atoms with Gasteiger partial charge < -0.3 is 24.4 Å². The molecule has 1 aliphatic heterocycles. The van der Waals surface area contributed by atoms with Gasteiger partial charge in [0.1, 0.15) is 17.2 Å². The monoisotopic (exact) mass is 384 g/mol. The molecule has 0 aliphatic carbocycles. The van der Waals surface area contributed by atoms with Crippen LogP contribution in [0.1, 0.15) is 12.0 Å². The van der Waals surface area contributed by atoms with Crippen LogP contribution in [0.3, 0.4) is 0 Å². The number of rotatable bonds is 6. The molecule has 3 rings (SSSR count). The topological polar surface area (TPSA) is 77.1 Å². The van der Waals surface area contributed by atoms with Crippen molar-refractivity contribution in [2.45, 2.75) is 13.3 Å². The third-order valence-electron chi connectivity index (χ3n) is 4.79. The highest BCUT2D eigenvalue weighted by Gasteiger charge is 2.36. The Bertz CT molecular complexity index is 896. The van der Waals surface area contributed by atoms with Gasteiger partial charge in [-0.05, 0) is 36.8 Å². The molecule has 2 amide bonds. The van der Waals surface area contributed by atoms with Crippen LogP contribution in [0.2, 0.25) is 0 Å². The molecule has 148 valence electrons. The van der Waals surface area contributed by atoms with Gasteiger partial charge in [-0.3, -0.25) is 9.59 Å². The molecular formula is C21H24N2O5. The zero-order chi connectivity index (χ0) is 20.3. The van der Waals surface area contributed by atoms with Gasteiger partial charge in [0.2, 0.25) is 11.8 Å². The minimum absolute atomic E-state index is 0.106.